The molecule has 0 aromatic heterocycles. The average Bonchev–Trinajstić information content (AvgIpc) is 2.30. The van der Waals surface area contributed by atoms with Crippen molar-refractivity contribution in [1.82, 2.24) is 5.32 Å². The highest BCUT2D eigenvalue weighted by molar-refractivity contribution is 7.74. The molecule has 6 nitrogen and oxygen atoms in total. The summed E-state index contributed by atoms with van der Waals surface area (Å²) in [6.45, 7) is 0. The van der Waals surface area contributed by atoms with Crippen LogP contribution in [-0.2, 0) is 21.0 Å². The van der Waals surface area contributed by atoms with Crippen molar-refractivity contribution in [3.8, 4) is 5.75 Å². The van der Waals surface area contributed by atoms with Crippen molar-refractivity contribution in [2.75, 3.05) is 0 Å². The van der Waals surface area contributed by atoms with Gasteiger partial charge in [0.25, 0.3) is 0 Å². The van der Waals surface area contributed by atoms with Crippen LogP contribution in [0, 0.1) is 0 Å². The third-order valence-corrected chi connectivity index (χ3v) is 2.32. The van der Waals surface area contributed by atoms with Gasteiger partial charge in [-0.3, -0.25) is 14.9 Å². The minimum Gasteiger partial charge on any atom is -0.740 e. The number of rotatable bonds is 2. The first-order valence-electron chi connectivity index (χ1n) is 5.23. The second-order valence-corrected chi connectivity index (χ2v) is 4.00. The lowest BCUT2D eigenvalue weighted by Gasteiger charge is -2.07. The SMILES string of the molecule is O=C1CCCC(=O)N1.O=S([O-])Oc1ccccc1. The standard InChI is InChI=1S/C6H6O3S.C5H7NO2/c7-10(8)9-6-4-2-1-3-5-6;7-4-2-1-3-5(8)6-4/h1-5H,(H,7,8);1-3H2,(H,6,7,8)/p-1. The number of amides is 2. The second kappa shape index (κ2) is 7.57. The molecule has 1 aliphatic heterocycles. The van der Waals surface area contributed by atoms with Gasteiger partial charge in [0.2, 0.25) is 11.8 Å². The number of nitrogens with one attached hydrogen (secondary N) is 1. The summed E-state index contributed by atoms with van der Waals surface area (Å²) in [4.78, 5) is 20.7. The van der Waals surface area contributed by atoms with Gasteiger partial charge in [-0.2, -0.15) is 0 Å². The molecule has 2 amide bonds. The quantitative estimate of drug-likeness (QED) is 0.629. The van der Waals surface area contributed by atoms with E-state index in [1.807, 2.05) is 0 Å². The maximum atomic E-state index is 10.3. The van der Waals surface area contributed by atoms with Crippen LogP contribution >= 0.6 is 0 Å². The molecule has 1 aliphatic rings. The lowest BCUT2D eigenvalue weighted by Crippen LogP contribution is -2.33. The number of benzene rings is 1. The highest BCUT2D eigenvalue weighted by Crippen LogP contribution is 2.08. The van der Waals surface area contributed by atoms with E-state index in [0.29, 0.717) is 25.0 Å². The molecule has 18 heavy (non-hydrogen) atoms. The van der Waals surface area contributed by atoms with Crippen LogP contribution in [0.25, 0.3) is 0 Å². The van der Waals surface area contributed by atoms with E-state index in [2.05, 4.69) is 9.50 Å². The number of imide groups is 1. The molecule has 1 atom stereocenters. The van der Waals surface area contributed by atoms with Gasteiger partial charge in [0, 0.05) is 12.8 Å². The Kier molecular flexibility index (Phi) is 6.03. The van der Waals surface area contributed by atoms with E-state index < -0.39 is 11.4 Å². The summed E-state index contributed by atoms with van der Waals surface area (Å²) in [5, 5.41) is 2.20. The molecule has 0 aliphatic carbocycles. The van der Waals surface area contributed by atoms with E-state index in [9.17, 15) is 18.4 Å². The Balaban J connectivity index is 0.000000184. The molecule has 1 unspecified atom stereocenters. The Labute approximate surface area is 107 Å². The van der Waals surface area contributed by atoms with Crippen molar-refractivity contribution >= 4 is 23.2 Å². The largest absolute Gasteiger partial charge is 0.740 e. The molecule has 98 valence electrons. The van der Waals surface area contributed by atoms with Crippen molar-refractivity contribution in [3.63, 3.8) is 0 Å². The third-order valence-electron chi connectivity index (χ3n) is 1.99. The summed E-state index contributed by atoms with van der Waals surface area (Å²) in [5.74, 6) is 0.0540. The fraction of sp³-hybridized carbons (Fsp3) is 0.273. The Hall–Kier alpha value is -1.73. The van der Waals surface area contributed by atoms with Gasteiger partial charge in [-0.05, 0) is 18.6 Å². The Morgan fingerprint density at radius 3 is 2.06 bits per heavy atom. The number of para-hydroxylation sites is 1. The number of piperidine rings is 1. The predicted molar refractivity (Wildman–Crippen MR) is 63.0 cm³/mol. The molecular formula is C11H12NO5S-. The van der Waals surface area contributed by atoms with Crippen molar-refractivity contribution in [1.29, 1.82) is 0 Å². The zero-order valence-corrected chi connectivity index (χ0v) is 10.3. The summed E-state index contributed by atoms with van der Waals surface area (Å²) in [7, 11) is 0. The van der Waals surface area contributed by atoms with Gasteiger partial charge in [0.1, 0.15) is 17.1 Å². The average molecular weight is 270 g/mol. The molecule has 1 aromatic carbocycles. The number of hydrogen-bond acceptors (Lipinski definition) is 5. The zero-order chi connectivity index (χ0) is 13.4. The Morgan fingerprint density at radius 1 is 1.11 bits per heavy atom. The molecule has 1 fully saturated rings. The van der Waals surface area contributed by atoms with Crippen LogP contribution in [0.2, 0.25) is 0 Å². The molecule has 0 radical (unpaired) electrons. The van der Waals surface area contributed by atoms with Gasteiger partial charge in [-0.15, -0.1) is 0 Å². The van der Waals surface area contributed by atoms with Gasteiger partial charge < -0.3 is 8.74 Å². The van der Waals surface area contributed by atoms with Crippen LogP contribution in [0.4, 0.5) is 0 Å². The molecular weight excluding hydrogens is 258 g/mol. The van der Waals surface area contributed by atoms with Gasteiger partial charge in [-0.25, -0.2) is 4.21 Å². The summed E-state index contributed by atoms with van der Waals surface area (Å²) >= 11 is -2.47. The molecule has 0 saturated carbocycles. The molecule has 7 heteroatoms. The van der Waals surface area contributed by atoms with Crippen molar-refractivity contribution in [2.24, 2.45) is 0 Å². The number of hydrogen-bond donors (Lipinski definition) is 1. The van der Waals surface area contributed by atoms with E-state index in [4.69, 9.17) is 0 Å². The van der Waals surface area contributed by atoms with Crippen LogP contribution in [-0.4, -0.2) is 20.6 Å². The van der Waals surface area contributed by atoms with Crippen molar-refractivity contribution in [2.45, 2.75) is 19.3 Å². The molecule has 1 heterocycles. The summed E-state index contributed by atoms with van der Waals surface area (Å²) in [6, 6.07) is 8.30. The van der Waals surface area contributed by atoms with Crippen molar-refractivity contribution < 1.29 is 22.5 Å². The first-order valence-corrected chi connectivity index (χ1v) is 6.23. The maximum Gasteiger partial charge on any atom is 0.226 e. The third kappa shape index (κ3) is 6.12. The number of carbonyl (C=O) groups is 2. The van der Waals surface area contributed by atoms with E-state index in [1.165, 1.54) is 0 Å². The summed E-state index contributed by atoms with van der Waals surface area (Å²) < 4.78 is 24.2. The zero-order valence-electron chi connectivity index (χ0n) is 9.46. The molecule has 1 N–H and O–H groups in total. The summed E-state index contributed by atoms with van der Waals surface area (Å²) in [5.41, 5.74) is 0. The molecule has 1 saturated heterocycles. The molecule has 1 aromatic rings. The lowest BCUT2D eigenvalue weighted by atomic mass is 10.1. The minimum atomic E-state index is -2.47. The van der Waals surface area contributed by atoms with Gasteiger partial charge in [0.05, 0.1) is 0 Å². The second-order valence-electron chi connectivity index (χ2n) is 3.43. The normalized spacial score (nSPS) is 16.1. The molecule has 2 rings (SSSR count). The first-order chi connectivity index (χ1) is 8.58. The number of carbonyl (C=O) groups excluding carboxylic acids is 2. The Morgan fingerprint density at radius 2 is 1.67 bits per heavy atom. The van der Waals surface area contributed by atoms with Crippen LogP contribution in [0.5, 0.6) is 5.75 Å². The van der Waals surface area contributed by atoms with Crippen LogP contribution in [0.1, 0.15) is 19.3 Å². The van der Waals surface area contributed by atoms with E-state index in [-0.39, 0.29) is 11.8 Å². The van der Waals surface area contributed by atoms with Crippen LogP contribution in [0.15, 0.2) is 30.3 Å². The van der Waals surface area contributed by atoms with Gasteiger partial charge in [-0.1, -0.05) is 18.2 Å². The summed E-state index contributed by atoms with van der Waals surface area (Å²) in [6.07, 6.45) is 1.72. The maximum absolute atomic E-state index is 10.3. The topological polar surface area (TPSA) is 95.5 Å². The van der Waals surface area contributed by atoms with Crippen LogP contribution < -0.4 is 9.50 Å². The monoisotopic (exact) mass is 270 g/mol. The van der Waals surface area contributed by atoms with E-state index in [0.717, 1.165) is 0 Å². The fourth-order valence-electron chi connectivity index (χ4n) is 1.24. The highest BCUT2D eigenvalue weighted by Gasteiger charge is 2.12. The smallest absolute Gasteiger partial charge is 0.226 e. The minimum absolute atomic E-state index is 0.138. The van der Waals surface area contributed by atoms with Gasteiger partial charge >= 0.3 is 0 Å². The first kappa shape index (κ1) is 14.3. The molecule has 0 bridgehead atoms. The van der Waals surface area contributed by atoms with E-state index >= 15 is 0 Å². The van der Waals surface area contributed by atoms with Crippen LogP contribution in [0.3, 0.4) is 0 Å². The Bertz CT molecular complexity index is 420. The highest BCUT2D eigenvalue weighted by atomic mass is 32.2. The molecule has 0 spiro atoms. The lowest BCUT2D eigenvalue weighted by molar-refractivity contribution is -0.132. The fourth-order valence-corrected chi connectivity index (χ4v) is 1.51. The van der Waals surface area contributed by atoms with Gasteiger partial charge in [0.15, 0.2) is 0 Å². The van der Waals surface area contributed by atoms with Crippen molar-refractivity contribution in [3.05, 3.63) is 30.3 Å². The predicted octanol–water partition coefficient (Wildman–Crippen LogP) is 0.673. The van der Waals surface area contributed by atoms with E-state index in [1.54, 1.807) is 30.3 Å².